The molecule has 0 radical (unpaired) electrons. The lowest BCUT2D eigenvalue weighted by Crippen LogP contribution is -2.13. The Bertz CT molecular complexity index is 510. The standard InChI is InChI=1S/C19H27NOS/c1-2-3-4-5-8-13-21-19-12-7-6-10-17(19)15-20-16-18-11-9-14-22-18/h6-7,9-12,14,20H,2-5,8,13,15-16H2,1H3. The lowest BCUT2D eigenvalue weighted by atomic mass is 10.1. The highest BCUT2D eigenvalue weighted by Crippen LogP contribution is 2.19. The molecule has 1 aromatic heterocycles. The van der Waals surface area contributed by atoms with Gasteiger partial charge >= 0.3 is 0 Å². The second-order valence-electron chi connectivity index (χ2n) is 5.55. The number of para-hydroxylation sites is 1. The molecule has 0 fully saturated rings. The highest BCUT2D eigenvalue weighted by atomic mass is 32.1. The summed E-state index contributed by atoms with van der Waals surface area (Å²) in [5.41, 5.74) is 1.24. The van der Waals surface area contributed by atoms with Crippen LogP contribution in [0.25, 0.3) is 0 Å². The predicted molar refractivity (Wildman–Crippen MR) is 95.6 cm³/mol. The normalized spacial score (nSPS) is 10.8. The molecule has 1 aromatic carbocycles. The Morgan fingerprint density at radius 2 is 1.82 bits per heavy atom. The second kappa shape index (κ2) is 10.4. The van der Waals surface area contributed by atoms with E-state index >= 15 is 0 Å². The average Bonchev–Trinajstić information content (AvgIpc) is 3.05. The molecule has 0 aliphatic carbocycles. The van der Waals surface area contributed by atoms with E-state index < -0.39 is 0 Å². The number of hydrogen-bond donors (Lipinski definition) is 1. The molecule has 3 heteroatoms. The van der Waals surface area contributed by atoms with E-state index in [4.69, 9.17) is 4.74 Å². The van der Waals surface area contributed by atoms with Gasteiger partial charge in [0.25, 0.3) is 0 Å². The van der Waals surface area contributed by atoms with Gasteiger partial charge in [0.05, 0.1) is 6.61 Å². The molecule has 120 valence electrons. The lowest BCUT2D eigenvalue weighted by Gasteiger charge is -2.12. The Hall–Kier alpha value is -1.32. The number of thiophene rings is 1. The molecule has 1 N–H and O–H groups in total. The van der Waals surface area contributed by atoms with Gasteiger partial charge in [0, 0.05) is 23.5 Å². The second-order valence-corrected chi connectivity index (χ2v) is 6.59. The topological polar surface area (TPSA) is 21.3 Å². The first-order valence-electron chi connectivity index (χ1n) is 8.34. The van der Waals surface area contributed by atoms with Crippen molar-refractivity contribution in [3.05, 3.63) is 52.2 Å². The summed E-state index contributed by atoms with van der Waals surface area (Å²) in [6, 6.07) is 12.6. The van der Waals surface area contributed by atoms with E-state index in [1.165, 1.54) is 36.1 Å². The Morgan fingerprint density at radius 1 is 0.955 bits per heavy atom. The minimum Gasteiger partial charge on any atom is -0.493 e. The van der Waals surface area contributed by atoms with Gasteiger partial charge in [-0.3, -0.25) is 0 Å². The van der Waals surface area contributed by atoms with Crippen LogP contribution in [0.15, 0.2) is 41.8 Å². The van der Waals surface area contributed by atoms with Gasteiger partial charge in [0.2, 0.25) is 0 Å². The molecule has 2 aromatic rings. The van der Waals surface area contributed by atoms with E-state index in [0.29, 0.717) is 0 Å². The Morgan fingerprint density at radius 3 is 2.64 bits per heavy atom. The Labute approximate surface area is 138 Å². The van der Waals surface area contributed by atoms with Gasteiger partial charge in [0.1, 0.15) is 5.75 Å². The van der Waals surface area contributed by atoms with Crippen molar-refractivity contribution in [2.45, 2.75) is 52.1 Å². The summed E-state index contributed by atoms with van der Waals surface area (Å²) >= 11 is 1.79. The molecule has 22 heavy (non-hydrogen) atoms. The molecule has 0 aliphatic rings. The van der Waals surface area contributed by atoms with Gasteiger partial charge in [-0.15, -0.1) is 11.3 Å². The van der Waals surface area contributed by atoms with E-state index in [0.717, 1.165) is 31.9 Å². The van der Waals surface area contributed by atoms with Crippen LogP contribution in [0.1, 0.15) is 49.5 Å². The van der Waals surface area contributed by atoms with Gasteiger partial charge in [0.15, 0.2) is 0 Å². The third-order valence-corrected chi connectivity index (χ3v) is 4.55. The zero-order chi connectivity index (χ0) is 15.5. The van der Waals surface area contributed by atoms with Crippen LogP contribution < -0.4 is 10.1 Å². The quantitative estimate of drug-likeness (QED) is 0.561. The summed E-state index contributed by atoms with van der Waals surface area (Å²) in [5, 5.41) is 5.61. The van der Waals surface area contributed by atoms with E-state index in [1.807, 2.05) is 0 Å². The number of rotatable bonds is 11. The molecule has 2 rings (SSSR count). The summed E-state index contributed by atoms with van der Waals surface area (Å²) in [5.74, 6) is 1.02. The fraction of sp³-hybridized carbons (Fsp3) is 0.474. The molecule has 0 aliphatic heterocycles. The van der Waals surface area contributed by atoms with Crippen molar-refractivity contribution in [3.8, 4) is 5.75 Å². The van der Waals surface area contributed by atoms with E-state index in [2.05, 4.69) is 54.0 Å². The summed E-state index contributed by atoms with van der Waals surface area (Å²) in [4.78, 5) is 1.37. The van der Waals surface area contributed by atoms with Crippen LogP contribution in [0.2, 0.25) is 0 Å². The Balaban J connectivity index is 1.72. The number of hydrogen-bond acceptors (Lipinski definition) is 3. The van der Waals surface area contributed by atoms with Gasteiger partial charge in [-0.1, -0.05) is 56.9 Å². The molecule has 0 bridgehead atoms. The van der Waals surface area contributed by atoms with Gasteiger partial charge < -0.3 is 10.1 Å². The van der Waals surface area contributed by atoms with Crippen molar-refractivity contribution in [2.24, 2.45) is 0 Å². The molecule has 0 saturated heterocycles. The zero-order valence-electron chi connectivity index (χ0n) is 13.5. The smallest absolute Gasteiger partial charge is 0.123 e. The van der Waals surface area contributed by atoms with E-state index in [9.17, 15) is 0 Å². The minimum atomic E-state index is 0.825. The molecule has 0 saturated carbocycles. The maximum absolute atomic E-state index is 5.97. The summed E-state index contributed by atoms with van der Waals surface area (Å²) in [7, 11) is 0. The number of unbranched alkanes of at least 4 members (excludes halogenated alkanes) is 4. The largest absolute Gasteiger partial charge is 0.493 e. The van der Waals surface area contributed by atoms with Crippen LogP contribution in [-0.4, -0.2) is 6.61 Å². The first-order chi connectivity index (χ1) is 10.9. The minimum absolute atomic E-state index is 0.825. The van der Waals surface area contributed by atoms with Crippen molar-refractivity contribution < 1.29 is 4.74 Å². The monoisotopic (exact) mass is 317 g/mol. The molecule has 0 amide bonds. The maximum Gasteiger partial charge on any atom is 0.123 e. The third kappa shape index (κ3) is 6.20. The van der Waals surface area contributed by atoms with Crippen molar-refractivity contribution in [1.29, 1.82) is 0 Å². The van der Waals surface area contributed by atoms with Gasteiger partial charge in [-0.2, -0.15) is 0 Å². The third-order valence-electron chi connectivity index (χ3n) is 3.67. The highest BCUT2D eigenvalue weighted by Gasteiger charge is 2.03. The van der Waals surface area contributed by atoms with Gasteiger partial charge in [-0.05, 0) is 23.9 Å². The molecule has 1 heterocycles. The summed E-state index contributed by atoms with van der Waals surface area (Å²) < 4.78 is 5.97. The molecule has 2 nitrogen and oxygen atoms in total. The predicted octanol–water partition coefficient (Wildman–Crippen LogP) is 5.39. The van der Waals surface area contributed by atoms with Crippen molar-refractivity contribution in [3.63, 3.8) is 0 Å². The lowest BCUT2D eigenvalue weighted by molar-refractivity contribution is 0.301. The fourth-order valence-corrected chi connectivity index (χ4v) is 3.09. The molecule has 0 spiro atoms. The summed E-state index contributed by atoms with van der Waals surface area (Å²) in [6.07, 6.45) is 6.37. The van der Waals surface area contributed by atoms with Crippen molar-refractivity contribution in [2.75, 3.05) is 6.61 Å². The highest BCUT2D eigenvalue weighted by molar-refractivity contribution is 7.09. The van der Waals surface area contributed by atoms with Crippen molar-refractivity contribution >= 4 is 11.3 Å². The molecule has 0 atom stereocenters. The van der Waals surface area contributed by atoms with Crippen LogP contribution >= 0.6 is 11.3 Å². The zero-order valence-corrected chi connectivity index (χ0v) is 14.3. The fourth-order valence-electron chi connectivity index (χ4n) is 2.41. The molecular weight excluding hydrogens is 290 g/mol. The number of nitrogens with one attached hydrogen (secondary N) is 1. The SMILES string of the molecule is CCCCCCCOc1ccccc1CNCc1cccs1. The number of benzene rings is 1. The van der Waals surface area contributed by atoms with E-state index in [1.54, 1.807) is 11.3 Å². The van der Waals surface area contributed by atoms with Crippen LogP contribution in [0.4, 0.5) is 0 Å². The van der Waals surface area contributed by atoms with Crippen LogP contribution in [0.5, 0.6) is 5.75 Å². The maximum atomic E-state index is 5.97. The van der Waals surface area contributed by atoms with Crippen LogP contribution in [-0.2, 0) is 13.1 Å². The van der Waals surface area contributed by atoms with Gasteiger partial charge in [-0.25, -0.2) is 0 Å². The first kappa shape index (κ1) is 17.0. The average molecular weight is 317 g/mol. The molecule has 0 unspecified atom stereocenters. The Kier molecular flexibility index (Phi) is 8.07. The van der Waals surface area contributed by atoms with Crippen LogP contribution in [0, 0.1) is 0 Å². The number of ether oxygens (including phenoxy) is 1. The van der Waals surface area contributed by atoms with E-state index in [-0.39, 0.29) is 0 Å². The molecular formula is C19H27NOS. The van der Waals surface area contributed by atoms with Crippen molar-refractivity contribution in [1.82, 2.24) is 5.32 Å². The van der Waals surface area contributed by atoms with Crippen LogP contribution in [0.3, 0.4) is 0 Å². The first-order valence-corrected chi connectivity index (χ1v) is 9.22. The summed E-state index contributed by atoms with van der Waals surface area (Å²) in [6.45, 7) is 4.84.